The summed E-state index contributed by atoms with van der Waals surface area (Å²) in [7, 11) is 1.58. The van der Waals surface area contributed by atoms with Gasteiger partial charge in [-0.3, -0.25) is 14.6 Å². The molecule has 0 spiro atoms. The Hall–Kier alpha value is -3.45. The molecule has 156 valence electrons. The Morgan fingerprint density at radius 3 is 2.67 bits per heavy atom. The Morgan fingerprint density at radius 1 is 1.27 bits per heavy atom. The van der Waals surface area contributed by atoms with Gasteiger partial charge in [-0.05, 0) is 42.3 Å². The van der Waals surface area contributed by atoms with Crippen LogP contribution in [0.1, 0.15) is 23.6 Å². The normalized spacial score (nSPS) is 17.9. The maximum atomic E-state index is 12.9. The summed E-state index contributed by atoms with van der Waals surface area (Å²) in [6.07, 6.45) is 5.41. The molecular formula is C23H24N2O5. The fourth-order valence-electron chi connectivity index (χ4n) is 3.39. The first kappa shape index (κ1) is 21.3. The van der Waals surface area contributed by atoms with Gasteiger partial charge in [0.25, 0.3) is 11.7 Å². The van der Waals surface area contributed by atoms with Crippen LogP contribution in [0.25, 0.3) is 5.76 Å². The number of Topliss-reactive ketones (excluding diaryl/α,β-unsaturated/α-hetero) is 1. The van der Waals surface area contributed by atoms with Crippen molar-refractivity contribution >= 4 is 17.4 Å². The smallest absolute Gasteiger partial charge is 0.295 e. The number of hydrogen-bond donors (Lipinski definition) is 1. The maximum Gasteiger partial charge on any atom is 0.295 e. The lowest BCUT2D eigenvalue weighted by Crippen LogP contribution is -2.31. The average Bonchev–Trinajstić information content (AvgIpc) is 3.03. The summed E-state index contributed by atoms with van der Waals surface area (Å²) >= 11 is 0. The average molecular weight is 408 g/mol. The standard InChI is InChI=1S/C23H24N2O5/c1-3-13-30-18-9-7-16(8-10-18)21(26)19-20(17-6-4-11-24-15-17)25(12-5-14-29-2)23(28)22(19)27/h3-4,6-11,15,20,26H,1,5,12-14H2,2H3/b21-19+/t20-/m0/s1. The molecule has 7 heteroatoms. The van der Waals surface area contributed by atoms with Gasteiger partial charge in [-0.2, -0.15) is 0 Å². The van der Waals surface area contributed by atoms with Crippen molar-refractivity contribution < 1.29 is 24.2 Å². The SMILES string of the molecule is C=CCOc1ccc(/C(O)=C2\C(=O)C(=O)N(CCCOC)[C@H]2c2cccnc2)cc1. The van der Waals surface area contributed by atoms with Crippen LogP contribution in [-0.2, 0) is 14.3 Å². The lowest BCUT2D eigenvalue weighted by molar-refractivity contribution is -0.140. The molecule has 7 nitrogen and oxygen atoms in total. The van der Waals surface area contributed by atoms with E-state index in [9.17, 15) is 14.7 Å². The third-order valence-corrected chi connectivity index (χ3v) is 4.78. The molecule has 0 bridgehead atoms. The maximum absolute atomic E-state index is 12.9. The van der Waals surface area contributed by atoms with E-state index >= 15 is 0 Å². The van der Waals surface area contributed by atoms with Crippen molar-refractivity contribution in [1.82, 2.24) is 9.88 Å². The zero-order chi connectivity index (χ0) is 21.5. The van der Waals surface area contributed by atoms with Crippen LogP contribution in [0.4, 0.5) is 0 Å². The summed E-state index contributed by atoms with van der Waals surface area (Å²) in [5.41, 5.74) is 1.12. The number of rotatable bonds is 9. The second-order valence-electron chi connectivity index (χ2n) is 6.75. The largest absolute Gasteiger partial charge is 0.507 e. The van der Waals surface area contributed by atoms with Crippen molar-refractivity contribution in [3.8, 4) is 5.75 Å². The van der Waals surface area contributed by atoms with E-state index in [4.69, 9.17) is 9.47 Å². The minimum absolute atomic E-state index is 0.0465. The Bertz CT molecular complexity index is 938. The summed E-state index contributed by atoms with van der Waals surface area (Å²) in [5.74, 6) is -0.986. The van der Waals surface area contributed by atoms with E-state index in [1.165, 1.54) is 4.90 Å². The number of ether oxygens (including phenoxy) is 2. The van der Waals surface area contributed by atoms with E-state index in [1.807, 2.05) is 0 Å². The number of hydrogen-bond acceptors (Lipinski definition) is 6. The van der Waals surface area contributed by atoms with Crippen molar-refractivity contribution in [3.05, 3.63) is 78.1 Å². The predicted octanol–water partition coefficient (Wildman–Crippen LogP) is 3.10. The van der Waals surface area contributed by atoms with Gasteiger partial charge < -0.3 is 19.5 Å². The summed E-state index contributed by atoms with van der Waals surface area (Å²) in [6.45, 7) is 4.74. The number of carbonyl (C=O) groups is 2. The molecule has 2 heterocycles. The Morgan fingerprint density at radius 2 is 2.03 bits per heavy atom. The van der Waals surface area contributed by atoms with Gasteiger partial charge in [0.2, 0.25) is 0 Å². The summed E-state index contributed by atoms with van der Waals surface area (Å²) < 4.78 is 10.5. The molecule has 0 aliphatic carbocycles. The first-order valence-electron chi connectivity index (χ1n) is 9.60. The number of aliphatic hydroxyl groups excluding tert-OH is 1. The van der Waals surface area contributed by atoms with E-state index in [0.29, 0.717) is 43.1 Å². The van der Waals surface area contributed by atoms with Crippen LogP contribution < -0.4 is 4.74 Å². The van der Waals surface area contributed by atoms with Crippen LogP contribution in [-0.4, -0.2) is 53.5 Å². The van der Waals surface area contributed by atoms with E-state index < -0.39 is 17.7 Å². The van der Waals surface area contributed by atoms with Crippen LogP contribution in [0.3, 0.4) is 0 Å². The molecule has 0 unspecified atom stereocenters. The minimum atomic E-state index is -0.717. The second kappa shape index (κ2) is 9.84. The molecular weight excluding hydrogens is 384 g/mol. The molecule has 2 aromatic rings. The zero-order valence-electron chi connectivity index (χ0n) is 16.8. The number of amides is 1. The van der Waals surface area contributed by atoms with Gasteiger partial charge >= 0.3 is 0 Å². The minimum Gasteiger partial charge on any atom is -0.507 e. The number of pyridine rings is 1. The predicted molar refractivity (Wildman–Crippen MR) is 112 cm³/mol. The molecule has 0 saturated carbocycles. The molecule has 1 atom stereocenters. The summed E-state index contributed by atoms with van der Waals surface area (Å²) in [5, 5.41) is 11.0. The lowest BCUT2D eigenvalue weighted by atomic mass is 9.96. The molecule has 1 saturated heterocycles. The lowest BCUT2D eigenvalue weighted by Gasteiger charge is -2.25. The molecule has 1 amide bonds. The molecule has 1 aromatic carbocycles. The molecule has 30 heavy (non-hydrogen) atoms. The Labute approximate surface area is 175 Å². The van der Waals surface area contributed by atoms with E-state index in [2.05, 4.69) is 11.6 Å². The van der Waals surface area contributed by atoms with Gasteiger partial charge in [-0.15, -0.1) is 0 Å². The molecule has 1 aromatic heterocycles. The van der Waals surface area contributed by atoms with Gasteiger partial charge in [-0.1, -0.05) is 18.7 Å². The highest BCUT2D eigenvalue weighted by Crippen LogP contribution is 2.39. The number of likely N-dealkylation sites (tertiary alicyclic amines) is 1. The Balaban J connectivity index is 2.01. The third kappa shape index (κ3) is 4.41. The van der Waals surface area contributed by atoms with Crippen molar-refractivity contribution in [2.24, 2.45) is 0 Å². The molecule has 1 N–H and O–H groups in total. The van der Waals surface area contributed by atoms with Gasteiger partial charge in [0.05, 0.1) is 11.6 Å². The van der Waals surface area contributed by atoms with Crippen molar-refractivity contribution in [2.45, 2.75) is 12.5 Å². The third-order valence-electron chi connectivity index (χ3n) is 4.78. The number of methoxy groups -OCH3 is 1. The fraction of sp³-hybridized carbons (Fsp3) is 0.261. The van der Waals surface area contributed by atoms with Crippen LogP contribution in [0.2, 0.25) is 0 Å². The molecule has 1 aliphatic rings. The van der Waals surface area contributed by atoms with Gasteiger partial charge in [0.1, 0.15) is 18.1 Å². The second-order valence-corrected chi connectivity index (χ2v) is 6.75. The van der Waals surface area contributed by atoms with Crippen LogP contribution in [0.15, 0.2) is 67.0 Å². The van der Waals surface area contributed by atoms with Gasteiger partial charge in [-0.25, -0.2) is 0 Å². The van der Waals surface area contributed by atoms with E-state index in [0.717, 1.165) is 0 Å². The quantitative estimate of drug-likeness (QED) is 0.225. The first-order valence-corrected chi connectivity index (χ1v) is 9.60. The highest BCUT2D eigenvalue weighted by molar-refractivity contribution is 6.46. The molecule has 1 aliphatic heterocycles. The molecule has 1 fully saturated rings. The molecule has 3 rings (SSSR count). The highest BCUT2D eigenvalue weighted by Gasteiger charge is 2.45. The number of benzene rings is 1. The monoisotopic (exact) mass is 408 g/mol. The van der Waals surface area contributed by atoms with Crippen LogP contribution >= 0.6 is 0 Å². The van der Waals surface area contributed by atoms with Crippen molar-refractivity contribution in [1.29, 1.82) is 0 Å². The summed E-state index contributed by atoms with van der Waals surface area (Å²) in [4.78, 5) is 31.2. The van der Waals surface area contributed by atoms with Crippen molar-refractivity contribution in [2.75, 3.05) is 26.9 Å². The zero-order valence-corrected chi connectivity index (χ0v) is 16.8. The van der Waals surface area contributed by atoms with E-state index in [-0.39, 0.29) is 11.3 Å². The summed E-state index contributed by atoms with van der Waals surface area (Å²) in [6, 6.07) is 9.47. The fourth-order valence-corrected chi connectivity index (χ4v) is 3.39. The van der Waals surface area contributed by atoms with Crippen LogP contribution in [0, 0.1) is 0 Å². The van der Waals surface area contributed by atoms with Crippen molar-refractivity contribution in [3.63, 3.8) is 0 Å². The number of aliphatic hydroxyl groups is 1. The molecule has 0 radical (unpaired) electrons. The number of nitrogens with zero attached hydrogens (tertiary/aromatic N) is 2. The number of carbonyl (C=O) groups excluding carboxylic acids is 2. The Kier molecular flexibility index (Phi) is 6.98. The first-order chi connectivity index (χ1) is 14.6. The highest BCUT2D eigenvalue weighted by atomic mass is 16.5. The topological polar surface area (TPSA) is 89.0 Å². The number of aromatic nitrogens is 1. The van der Waals surface area contributed by atoms with Crippen LogP contribution in [0.5, 0.6) is 5.75 Å². The number of ketones is 1. The van der Waals surface area contributed by atoms with E-state index in [1.54, 1.807) is 62.0 Å². The van der Waals surface area contributed by atoms with Gasteiger partial charge in [0, 0.05) is 38.2 Å². The van der Waals surface area contributed by atoms with Gasteiger partial charge in [0.15, 0.2) is 0 Å².